The molecule has 6 nitrogen and oxygen atoms in total. The first-order valence-electron chi connectivity index (χ1n) is 12.1. The summed E-state index contributed by atoms with van der Waals surface area (Å²) in [6.45, 7) is 24.0. The molecule has 6 heteroatoms. The Bertz CT molecular complexity index is 760. The first kappa shape index (κ1) is 28.2. The van der Waals surface area contributed by atoms with Gasteiger partial charge in [-0.3, -0.25) is 9.59 Å². The van der Waals surface area contributed by atoms with Gasteiger partial charge in [-0.05, 0) is 44.9 Å². The molecule has 0 aromatic carbocycles. The van der Waals surface area contributed by atoms with Crippen LogP contribution in [0.4, 0.5) is 5.82 Å². The lowest BCUT2D eigenvalue weighted by Crippen LogP contribution is -2.40. The van der Waals surface area contributed by atoms with Crippen molar-refractivity contribution in [1.82, 2.24) is 14.7 Å². The Labute approximate surface area is 196 Å². The predicted molar refractivity (Wildman–Crippen MR) is 134 cm³/mol. The summed E-state index contributed by atoms with van der Waals surface area (Å²) in [6, 6.07) is 1.95. The molecule has 32 heavy (non-hydrogen) atoms. The molecule has 1 unspecified atom stereocenters. The molecule has 0 saturated carbocycles. The lowest BCUT2D eigenvalue weighted by molar-refractivity contribution is -0.135. The highest BCUT2D eigenvalue weighted by molar-refractivity contribution is 5.94. The van der Waals surface area contributed by atoms with E-state index < -0.39 is 0 Å². The number of amides is 2. The summed E-state index contributed by atoms with van der Waals surface area (Å²) in [4.78, 5) is 27.7. The van der Waals surface area contributed by atoms with Crippen LogP contribution in [0.2, 0.25) is 0 Å². The third-order valence-electron chi connectivity index (χ3n) is 5.33. The van der Waals surface area contributed by atoms with Gasteiger partial charge in [0, 0.05) is 24.4 Å². The summed E-state index contributed by atoms with van der Waals surface area (Å²) in [5, 5.41) is 7.80. The average Bonchev–Trinajstić information content (AvgIpc) is 3.01. The van der Waals surface area contributed by atoms with E-state index in [4.69, 9.17) is 5.10 Å². The Morgan fingerprint density at radius 1 is 1.09 bits per heavy atom. The number of hydrogen-bond acceptors (Lipinski definition) is 3. The fourth-order valence-electron chi connectivity index (χ4n) is 3.89. The van der Waals surface area contributed by atoms with Crippen LogP contribution in [0.5, 0.6) is 0 Å². The molecule has 1 aromatic heterocycles. The zero-order valence-electron chi connectivity index (χ0n) is 22.6. The molecule has 0 fully saturated rings. The smallest absolute Gasteiger partial charge is 0.245 e. The van der Waals surface area contributed by atoms with Crippen molar-refractivity contribution in [2.45, 2.75) is 113 Å². The molecule has 2 amide bonds. The molecule has 1 rings (SSSR count). The van der Waals surface area contributed by atoms with Crippen LogP contribution >= 0.6 is 0 Å². The molecular weight excluding hydrogens is 400 g/mol. The van der Waals surface area contributed by atoms with Gasteiger partial charge in [0.2, 0.25) is 11.8 Å². The van der Waals surface area contributed by atoms with Gasteiger partial charge < -0.3 is 10.2 Å². The van der Waals surface area contributed by atoms with E-state index in [1.807, 2.05) is 10.7 Å². The van der Waals surface area contributed by atoms with Crippen LogP contribution in [0.25, 0.3) is 0 Å². The van der Waals surface area contributed by atoms with Gasteiger partial charge in [0.1, 0.15) is 5.82 Å². The van der Waals surface area contributed by atoms with Crippen molar-refractivity contribution < 1.29 is 9.59 Å². The van der Waals surface area contributed by atoms with Crippen LogP contribution in [0.3, 0.4) is 0 Å². The fraction of sp³-hybridized carbons (Fsp3) is 0.808. The first-order valence-corrected chi connectivity index (χ1v) is 12.1. The van der Waals surface area contributed by atoms with Crippen molar-refractivity contribution in [2.75, 3.05) is 18.4 Å². The van der Waals surface area contributed by atoms with Crippen LogP contribution in [-0.4, -0.2) is 39.6 Å². The summed E-state index contributed by atoms with van der Waals surface area (Å²) >= 11 is 0. The van der Waals surface area contributed by atoms with Crippen molar-refractivity contribution in [3.63, 3.8) is 0 Å². The molecule has 0 aliphatic heterocycles. The minimum absolute atomic E-state index is 0.0602. The summed E-state index contributed by atoms with van der Waals surface area (Å²) in [5.41, 5.74) is 0.716. The van der Waals surface area contributed by atoms with Crippen LogP contribution in [0, 0.1) is 11.3 Å². The number of nitrogens with one attached hydrogen (secondary N) is 1. The molecule has 1 aromatic rings. The molecule has 0 bridgehead atoms. The van der Waals surface area contributed by atoms with E-state index in [2.05, 4.69) is 81.5 Å². The molecule has 0 aliphatic rings. The summed E-state index contributed by atoms with van der Waals surface area (Å²) < 4.78 is 1.87. The van der Waals surface area contributed by atoms with Crippen LogP contribution in [-0.2, 0) is 20.5 Å². The Morgan fingerprint density at radius 2 is 1.69 bits per heavy atom. The molecule has 0 saturated heterocycles. The molecule has 0 aliphatic carbocycles. The maximum atomic E-state index is 13.0. The van der Waals surface area contributed by atoms with Crippen molar-refractivity contribution in [3.8, 4) is 0 Å². The van der Waals surface area contributed by atoms with Gasteiger partial charge in [-0.25, -0.2) is 4.68 Å². The standard InChI is InChI=1S/C26H48N4O2/c1-12-13-14-29(23(32)15-19(2)17-24(3,4)5)18-22(31)27-21-16-20(25(6,7)8)28-30(21)26(9,10)11/h16,19H,12-15,17-18H2,1-11H3,(H,27,31). The zero-order chi connectivity index (χ0) is 24.9. The first-order chi connectivity index (χ1) is 14.4. The van der Waals surface area contributed by atoms with Gasteiger partial charge in [-0.2, -0.15) is 5.10 Å². The average molecular weight is 449 g/mol. The zero-order valence-corrected chi connectivity index (χ0v) is 22.6. The number of rotatable bonds is 9. The van der Waals surface area contributed by atoms with Crippen molar-refractivity contribution >= 4 is 17.6 Å². The van der Waals surface area contributed by atoms with Gasteiger partial charge in [0.05, 0.1) is 17.8 Å². The second-order valence-electron chi connectivity index (χ2n) is 12.5. The molecule has 0 spiro atoms. The lowest BCUT2D eigenvalue weighted by atomic mass is 9.84. The summed E-state index contributed by atoms with van der Waals surface area (Å²) in [7, 11) is 0. The van der Waals surface area contributed by atoms with Gasteiger partial charge in [-0.15, -0.1) is 0 Å². The third-order valence-corrected chi connectivity index (χ3v) is 5.33. The highest BCUT2D eigenvalue weighted by Gasteiger charge is 2.27. The largest absolute Gasteiger partial charge is 0.333 e. The van der Waals surface area contributed by atoms with Gasteiger partial charge in [0.25, 0.3) is 0 Å². The normalized spacial score (nSPS) is 13.7. The number of hydrogen-bond donors (Lipinski definition) is 1. The number of nitrogens with zero attached hydrogens (tertiary/aromatic N) is 3. The highest BCUT2D eigenvalue weighted by Crippen LogP contribution is 2.29. The summed E-state index contributed by atoms with van der Waals surface area (Å²) in [5.74, 6) is 0.844. The Kier molecular flexibility index (Phi) is 9.55. The van der Waals surface area contributed by atoms with Gasteiger partial charge in [-0.1, -0.05) is 61.8 Å². The SMILES string of the molecule is CCCCN(CC(=O)Nc1cc(C(C)(C)C)nn1C(C)(C)C)C(=O)CC(C)CC(C)(C)C. The van der Waals surface area contributed by atoms with Crippen molar-refractivity contribution in [2.24, 2.45) is 11.3 Å². The quantitative estimate of drug-likeness (QED) is 0.506. The van der Waals surface area contributed by atoms with Crippen LogP contribution < -0.4 is 5.32 Å². The predicted octanol–water partition coefficient (Wildman–Crippen LogP) is 5.97. The van der Waals surface area contributed by atoms with E-state index in [0.29, 0.717) is 18.8 Å². The van der Waals surface area contributed by atoms with Gasteiger partial charge in [0.15, 0.2) is 0 Å². The molecule has 1 heterocycles. The maximum Gasteiger partial charge on any atom is 0.245 e. The highest BCUT2D eigenvalue weighted by atomic mass is 16.2. The molecule has 184 valence electrons. The van der Waals surface area contributed by atoms with E-state index in [-0.39, 0.29) is 40.6 Å². The minimum Gasteiger partial charge on any atom is -0.333 e. The lowest BCUT2D eigenvalue weighted by Gasteiger charge is -2.27. The van der Waals surface area contributed by atoms with Gasteiger partial charge >= 0.3 is 0 Å². The molecule has 0 radical (unpaired) electrons. The molecule has 1 atom stereocenters. The van der Waals surface area contributed by atoms with E-state index in [0.717, 1.165) is 25.0 Å². The monoisotopic (exact) mass is 448 g/mol. The third kappa shape index (κ3) is 9.33. The van der Waals surface area contributed by atoms with E-state index in [9.17, 15) is 9.59 Å². The van der Waals surface area contributed by atoms with E-state index in [1.165, 1.54) is 0 Å². The topological polar surface area (TPSA) is 67.2 Å². The van der Waals surface area contributed by atoms with Crippen molar-refractivity contribution in [1.29, 1.82) is 0 Å². The fourth-order valence-corrected chi connectivity index (χ4v) is 3.89. The summed E-state index contributed by atoms with van der Waals surface area (Å²) in [6.07, 6.45) is 3.32. The Morgan fingerprint density at radius 3 is 2.16 bits per heavy atom. The molecular formula is C26H48N4O2. The van der Waals surface area contributed by atoms with E-state index >= 15 is 0 Å². The second-order valence-corrected chi connectivity index (χ2v) is 12.5. The number of carbonyl (C=O) groups is 2. The number of aromatic nitrogens is 2. The Balaban J connectivity index is 2.98. The van der Waals surface area contributed by atoms with Crippen molar-refractivity contribution in [3.05, 3.63) is 11.8 Å². The van der Waals surface area contributed by atoms with Crippen LogP contribution in [0.1, 0.15) is 108 Å². The number of carbonyl (C=O) groups excluding carboxylic acids is 2. The maximum absolute atomic E-state index is 13.0. The molecule has 1 N–H and O–H groups in total. The van der Waals surface area contributed by atoms with Crippen LogP contribution in [0.15, 0.2) is 6.07 Å². The van der Waals surface area contributed by atoms with E-state index in [1.54, 1.807) is 4.90 Å². The number of unbranched alkanes of at least 4 members (excludes halogenated alkanes) is 1. The Hall–Kier alpha value is -1.85. The minimum atomic E-state index is -0.272. The number of anilines is 1. The second kappa shape index (κ2) is 10.8.